The Balaban J connectivity index is 2.17. The zero-order valence-corrected chi connectivity index (χ0v) is 11.2. The summed E-state index contributed by atoms with van der Waals surface area (Å²) in [5.41, 5.74) is 7.99. The molecule has 1 heterocycles. The fourth-order valence-electron chi connectivity index (χ4n) is 1.81. The van der Waals surface area contributed by atoms with Crippen molar-refractivity contribution < 1.29 is 0 Å². The Labute approximate surface area is 113 Å². The van der Waals surface area contributed by atoms with Crippen molar-refractivity contribution in [2.24, 2.45) is 10.7 Å². The standard InChI is InChI=1S/C14H19N5/c1-11(2)18-14(15)17-9-12-5-3-4-6-13(12)19-8-7-16-10-19/h3-8,10-11H,9H2,1-2H3,(H3,15,17,18). The van der Waals surface area contributed by atoms with Gasteiger partial charge in [0.05, 0.1) is 18.6 Å². The van der Waals surface area contributed by atoms with Gasteiger partial charge in [-0.15, -0.1) is 0 Å². The average molecular weight is 257 g/mol. The summed E-state index contributed by atoms with van der Waals surface area (Å²) in [6.07, 6.45) is 5.45. The Hall–Kier alpha value is -2.30. The Morgan fingerprint density at radius 3 is 2.89 bits per heavy atom. The Bertz CT molecular complexity index is 543. The van der Waals surface area contributed by atoms with Crippen LogP contribution in [0.25, 0.3) is 5.69 Å². The van der Waals surface area contributed by atoms with Crippen molar-refractivity contribution in [1.82, 2.24) is 14.9 Å². The molecule has 0 spiro atoms. The Kier molecular flexibility index (Phi) is 4.18. The van der Waals surface area contributed by atoms with Crippen LogP contribution >= 0.6 is 0 Å². The van der Waals surface area contributed by atoms with Crippen LogP contribution in [0.2, 0.25) is 0 Å². The van der Waals surface area contributed by atoms with Crippen LogP contribution in [0, 0.1) is 0 Å². The van der Waals surface area contributed by atoms with E-state index < -0.39 is 0 Å². The van der Waals surface area contributed by atoms with Gasteiger partial charge in [-0.25, -0.2) is 9.98 Å². The lowest BCUT2D eigenvalue weighted by molar-refractivity contribution is 0.723. The molecule has 0 unspecified atom stereocenters. The molecule has 0 saturated carbocycles. The molecule has 2 aromatic rings. The van der Waals surface area contributed by atoms with E-state index in [1.807, 2.05) is 48.9 Å². The molecular formula is C14H19N5. The van der Waals surface area contributed by atoms with Crippen LogP contribution in [0.5, 0.6) is 0 Å². The number of aliphatic imine (C=N–C) groups is 1. The zero-order chi connectivity index (χ0) is 13.7. The highest BCUT2D eigenvalue weighted by Gasteiger charge is 2.03. The zero-order valence-electron chi connectivity index (χ0n) is 11.2. The number of benzene rings is 1. The largest absolute Gasteiger partial charge is 0.370 e. The molecule has 0 aliphatic carbocycles. The first kappa shape index (κ1) is 13.1. The molecule has 5 heteroatoms. The molecule has 19 heavy (non-hydrogen) atoms. The number of imidazole rings is 1. The Morgan fingerprint density at radius 2 is 2.21 bits per heavy atom. The van der Waals surface area contributed by atoms with Crippen LogP contribution in [0.1, 0.15) is 19.4 Å². The quantitative estimate of drug-likeness (QED) is 0.647. The molecule has 5 nitrogen and oxygen atoms in total. The second-order valence-electron chi connectivity index (χ2n) is 4.60. The summed E-state index contributed by atoms with van der Waals surface area (Å²) >= 11 is 0. The number of hydrogen-bond acceptors (Lipinski definition) is 2. The van der Waals surface area contributed by atoms with Crippen LogP contribution in [0.3, 0.4) is 0 Å². The monoisotopic (exact) mass is 257 g/mol. The van der Waals surface area contributed by atoms with E-state index >= 15 is 0 Å². The average Bonchev–Trinajstić information content (AvgIpc) is 2.89. The maximum atomic E-state index is 5.81. The lowest BCUT2D eigenvalue weighted by atomic mass is 10.2. The molecule has 0 atom stereocenters. The second kappa shape index (κ2) is 6.04. The second-order valence-corrected chi connectivity index (χ2v) is 4.60. The van der Waals surface area contributed by atoms with Gasteiger partial charge >= 0.3 is 0 Å². The van der Waals surface area contributed by atoms with E-state index in [1.54, 1.807) is 12.5 Å². The minimum absolute atomic E-state index is 0.285. The minimum Gasteiger partial charge on any atom is -0.370 e. The predicted octanol–water partition coefficient (Wildman–Crippen LogP) is 1.68. The van der Waals surface area contributed by atoms with Crippen molar-refractivity contribution in [3.05, 3.63) is 48.5 Å². The molecule has 0 aliphatic rings. The predicted molar refractivity (Wildman–Crippen MR) is 77.2 cm³/mol. The van der Waals surface area contributed by atoms with E-state index in [2.05, 4.69) is 15.3 Å². The molecule has 0 aliphatic heterocycles. The third-order valence-electron chi connectivity index (χ3n) is 2.63. The van der Waals surface area contributed by atoms with Gasteiger partial charge in [-0.1, -0.05) is 18.2 Å². The van der Waals surface area contributed by atoms with Crippen molar-refractivity contribution in [2.75, 3.05) is 0 Å². The van der Waals surface area contributed by atoms with Gasteiger partial charge in [0.2, 0.25) is 0 Å². The summed E-state index contributed by atoms with van der Waals surface area (Å²) in [5, 5.41) is 3.08. The highest BCUT2D eigenvalue weighted by Crippen LogP contribution is 2.14. The fourth-order valence-corrected chi connectivity index (χ4v) is 1.81. The molecular weight excluding hydrogens is 238 g/mol. The van der Waals surface area contributed by atoms with Crippen molar-refractivity contribution in [3.63, 3.8) is 0 Å². The number of rotatable bonds is 4. The number of nitrogens with zero attached hydrogens (tertiary/aromatic N) is 3. The van der Waals surface area contributed by atoms with Crippen molar-refractivity contribution >= 4 is 5.96 Å². The van der Waals surface area contributed by atoms with Crippen LogP contribution in [-0.4, -0.2) is 21.6 Å². The van der Waals surface area contributed by atoms with Crippen molar-refractivity contribution in [1.29, 1.82) is 0 Å². The topological polar surface area (TPSA) is 68.2 Å². The van der Waals surface area contributed by atoms with Crippen LogP contribution in [0.4, 0.5) is 0 Å². The van der Waals surface area contributed by atoms with Crippen LogP contribution in [0.15, 0.2) is 48.0 Å². The van der Waals surface area contributed by atoms with E-state index in [9.17, 15) is 0 Å². The van der Waals surface area contributed by atoms with E-state index in [1.165, 1.54) is 0 Å². The summed E-state index contributed by atoms with van der Waals surface area (Å²) in [6, 6.07) is 8.36. The SMILES string of the molecule is CC(C)NC(N)=NCc1ccccc1-n1ccnc1. The van der Waals surface area contributed by atoms with E-state index in [-0.39, 0.29) is 6.04 Å². The molecule has 0 amide bonds. The molecule has 0 fully saturated rings. The van der Waals surface area contributed by atoms with Gasteiger partial charge in [-0.05, 0) is 25.5 Å². The lowest BCUT2D eigenvalue weighted by Gasteiger charge is -2.10. The van der Waals surface area contributed by atoms with E-state index in [4.69, 9.17) is 5.73 Å². The van der Waals surface area contributed by atoms with Gasteiger partial charge in [0.15, 0.2) is 5.96 Å². The normalized spacial score (nSPS) is 11.8. The van der Waals surface area contributed by atoms with Crippen molar-refractivity contribution in [2.45, 2.75) is 26.4 Å². The maximum absolute atomic E-state index is 5.81. The first-order valence-corrected chi connectivity index (χ1v) is 6.29. The number of nitrogens with one attached hydrogen (secondary N) is 1. The molecule has 1 aromatic heterocycles. The summed E-state index contributed by atoms with van der Waals surface area (Å²) in [4.78, 5) is 8.42. The van der Waals surface area contributed by atoms with Gasteiger partial charge in [0.1, 0.15) is 0 Å². The fraction of sp³-hybridized carbons (Fsp3) is 0.286. The minimum atomic E-state index is 0.285. The number of para-hydroxylation sites is 1. The van der Waals surface area contributed by atoms with Crippen LogP contribution < -0.4 is 11.1 Å². The molecule has 100 valence electrons. The number of guanidine groups is 1. The van der Waals surface area contributed by atoms with Gasteiger partial charge in [-0.2, -0.15) is 0 Å². The third kappa shape index (κ3) is 3.58. The summed E-state index contributed by atoms with van der Waals surface area (Å²) < 4.78 is 1.97. The molecule has 0 radical (unpaired) electrons. The van der Waals surface area contributed by atoms with Gasteiger partial charge < -0.3 is 15.6 Å². The first-order chi connectivity index (χ1) is 9.16. The summed E-state index contributed by atoms with van der Waals surface area (Å²) in [6.45, 7) is 4.60. The third-order valence-corrected chi connectivity index (χ3v) is 2.63. The highest BCUT2D eigenvalue weighted by molar-refractivity contribution is 5.78. The number of nitrogens with two attached hydrogens (primary N) is 1. The lowest BCUT2D eigenvalue weighted by Crippen LogP contribution is -2.36. The van der Waals surface area contributed by atoms with Crippen molar-refractivity contribution in [3.8, 4) is 5.69 Å². The van der Waals surface area contributed by atoms with Gasteiger partial charge in [0, 0.05) is 18.4 Å². The van der Waals surface area contributed by atoms with Crippen LogP contribution in [-0.2, 0) is 6.54 Å². The molecule has 1 aromatic carbocycles. The molecule has 0 saturated heterocycles. The smallest absolute Gasteiger partial charge is 0.189 e. The maximum Gasteiger partial charge on any atom is 0.189 e. The van der Waals surface area contributed by atoms with E-state index in [0.717, 1.165) is 11.3 Å². The number of hydrogen-bond donors (Lipinski definition) is 2. The molecule has 3 N–H and O–H groups in total. The summed E-state index contributed by atoms with van der Waals surface area (Å²) in [7, 11) is 0. The van der Waals surface area contributed by atoms with Gasteiger partial charge in [0.25, 0.3) is 0 Å². The Morgan fingerprint density at radius 1 is 1.42 bits per heavy atom. The molecule has 0 bridgehead atoms. The first-order valence-electron chi connectivity index (χ1n) is 6.29. The highest BCUT2D eigenvalue weighted by atomic mass is 15.1. The summed E-state index contributed by atoms with van der Waals surface area (Å²) in [5.74, 6) is 0.468. The molecule has 2 rings (SSSR count). The number of aromatic nitrogens is 2. The van der Waals surface area contributed by atoms with Gasteiger partial charge in [-0.3, -0.25) is 0 Å². The van der Waals surface area contributed by atoms with E-state index in [0.29, 0.717) is 12.5 Å².